The summed E-state index contributed by atoms with van der Waals surface area (Å²) in [5, 5.41) is 11.0. The number of thiazole rings is 1. The number of likely N-dealkylation sites (N-methyl/N-ethyl adjacent to an activating group) is 1. The molecule has 4 nitrogen and oxygen atoms in total. The topological polar surface area (TPSA) is 42.7 Å². The Morgan fingerprint density at radius 3 is 2.83 bits per heavy atom. The average Bonchev–Trinajstić information content (AvgIpc) is 2.89. The third kappa shape index (κ3) is 3.65. The van der Waals surface area contributed by atoms with Crippen LogP contribution in [0.2, 0.25) is 0 Å². The molecule has 1 N–H and O–H groups in total. The Balaban J connectivity index is 1.99. The van der Waals surface area contributed by atoms with E-state index in [1.54, 1.807) is 11.3 Å². The van der Waals surface area contributed by atoms with Crippen molar-refractivity contribution in [2.75, 3.05) is 6.54 Å². The summed E-state index contributed by atoms with van der Waals surface area (Å²) < 4.78 is 1.85. The lowest BCUT2D eigenvalue weighted by molar-refractivity contribution is 0.517. The monoisotopic (exact) mass is 264 g/mol. The number of hydrogen-bond acceptors (Lipinski definition) is 4. The summed E-state index contributed by atoms with van der Waals surface area (Å²) in [7, 11) is 1.95. The van der Waals surface area contributed by atoms with Gasteiger partial charge in [-0.25, -0.2) is 4.98 Å². The van der Waals surface area contributed by atoms with E-state index in [0.717, 1.165) is 24.4 Å². The fraction of sp³-hybridized carbons (Fsp3) is 0.538. The van der Waals surface area contributed by atoms with E-state index < -0.39 is 0 Å². The van der Waals surface area contributed by atoms with Crippen molar-refractivity contribution in [1.82, 2.24) is 20.1 Å². The first kappa shape index (κ1) is 13.2. The number of nitrogens with zero attached hydrogens (tertiary/aromatic N) is 3. The molecule has 1 atom stereocenters. The van der Waals surface area contributed by atoms with Crippen LogP contribution in [-0.4, -0.2) is 27.4 Å². The number of aromatic nitrogens is 3. The average molecular weight is 264 g/mol. The Labute approximate surface area is 112 Å². The van der Waals surface area contributed by atoms with Crippen LogP contribution in [0.25, 0.3) is 0 Å². The maximum absolute atomic E-state index is 4.54. The van der Waals surface area contributed by atoms with Crippen LogP contribution in [0.4, 0.5) is 0 Å². The molecule has 0 aromatic carbocycles. The van der Waals surface area contributed by atoms with Gasteiger partial charge in [0.25, 0.3) is 0 Å². The molecule has 0 amide bonds. The summed E-state index contributed by atoms with van der Waals surface area (Å²) in [5.41, 5.74) is 2.46. The Morgan fingerprint density at radius 2 is 2.28 bits per heavy atom. The van der Waals surface area contributed by atoms with Crippen LogP contribution in [0.15, 0.2) is 17.8 Å². The predicted octanol–water partition coefficient (Wildman–Crippen LogP) is 1.95. The summed E-state index contributed by atoms with van der Waals surface area (Å²) in [4.78, 5) is 4.54. The highest BCUT2D eigenvalue weighted by Crippen LogP contribution is 2.12. The highest BCUT2D eigenvalue weighted by molar-refractivity contribution is 7.09. The van der Waals surface area contributed by atoms with Gasteiger partial charge in [-0.2, -0.15) is 5.10 Å². The molecule has 0 fully saturated rings. The van der Waals surface area contributed by atoms with Gasteiger partial charge in [0, 0.05) is 31.1 Å². The van der Waals surface area contributed by atoms with E-state index in [0.29, 0.717) is 6.04 Å². The van der Waals surface area contributed by atoms with Crippen molar-refractivity contribution < 1.29 is 0 Å². The van der Waals surface area contributed by atoms with Crippen LogP contribution in [-0.2, 0) is 19.9 Å². The minimum Gasteiger partial charge on any atom is -0.314 e. The van der Waals surface area contributed by atoms with Crippen LogP contribution in [0.3, 0.4) is 0 Å². The minimum atomic E-state index is 0.431. The quantitative estimate of drug-likeness (QED) is 0.867. The lowest BCUT2D eigenvalue weighted by atomic mass is 10.0. The van der Waals surface area contributed by atoms with Gasteiger partial charge < -0.3 is 5.32 Å². The standard InChI is InChI=1S/C13H20N4S/c1-4-14-12(5-11-7-15-17(3)8-11)6-13-9-18-10(2)16-13/h7-9,12,14H,4-6H2,1-3H3. The molecular formula is C13H20N4S. The van der Waals surface area contributed by atoms with Crippen LogP contribution in [0, 0.1) is 6.92 Å². The highest BCUT2D eigenvalue weighted by Gasteiger charge is 2.12. The molecule has 0 aliphatic carbocycles. The smallest absolute Gasteiger partial charge is 0.0897 e. The van der Waals surface area contributed by atoms with Gasteiger partial charge in [-0.15, -0.1) is 11.3 Å². The molecule has 2 rings (SSSR count). The largest absolute Gasteiger partial charge is 0.314 e. The molecule has 18 heavy (non-hydrogen) atoms. The Bertz CT molecular complexity index is 446. The zero-order chi connectivity index (χ0) is 13.0. The van der Waals surface area contributed by atoms with Gasteiger partial charge in [0.2, 0.25) is 0 Å². The van der Waals surface area contributed by atoms with E-state index in [2.05, 4.69) is 40.8 Å². The van der Waals surface area contributed by atoms with Crippen LogP contribution in [0.5, 0.6) is 0 Å². The number of aryl methyl sites for hydroxylation is 2. The second kappa shape index (κ2) is 6.11. The lowest BCUT2D eigenvalue weighted by Crippen LogP contribution is -2.33. The molecule has 2 heterocycles. The van der Waals surface area contributed by atoms with E-state index >= 15 is 0 Å². The normalized spacial score (nSPS) is 12.8. The van der Waals surface area contributed by atoms with Crippen LogP contribution in [0.1, 0.15) is 23.2 Å². The van der Waals surface area contributed by atoms with Crippen molar-refractivity contribution in [3.05, 3.63) is 34.0 Å². The molecule has 0 saturated carbocycles. The van der Waals surface area contributed by atoms with Gasteiger partial charge in [0.05, 0.1) is 16.9 Å². The second-order valence-corrected chi connectivity index (χ2v) is 5.61. The fourth-order valence-corrected chi connectivity index (χ4v) is 2.75. The molecule has 1 unspecified atom stereocenters. The third-order valence-corrected chi connectivity index (χ3v) is 3.68. The molecule has 0 spiro atoms. The molecule has 98 valence electrons. The first-order valence-electron chi connectivity index (χ1n) is 6.29. The van der Waals surface area contributed by atoms with Crippen molar-refractivity contribution in [2.24, 2.45) is 7.05 Å². The Hall–Kier alpha value is -1.20. The molecule has 5 heteroatoms. The number of hydrogen-bond donors (Lipinski definition) is 1. The van der Waals surface area contributed by atoms with E-state index in [1.165, 1.54) is 11.3 Å². The molecule has 0 radical (unpaired) electrons. The SMILES string of the molecule is CCNC(Cc1cnn(C)c1)Cc1csc(C)n1. The van der Waals surface area contributed by atoms with Gasteiger partial charge in [-0.3, -0.25) is 4.68 Å². The lowest BCUT2D eigenvalue weighted by Gasteiger charge is -2.15. The van der Waals surface area contributed by atoms with Gasteiger partial charge in [0.1, 0.15) is 0 Å². The van der Waals surface area contributed by atoms with Crippen molar-refractivity contribution >= 4 is 11.3 Å². The van der Waals surface area contributed by atoms with Crippen LogP contribution >= 0.6 is 11.3 Å². The highest BCUT2D eigenvalue weighted by atomic mass is 32.1. The Morgan fingerprint density at radius 1 is 1.44 bits per heavy atom. The van der Waals surface area contributed by atoms with E-state index in [4.69, 9.17) is 0 Å². The van der Waals surface area contributed by atoms with E-state index in [9.17, 15) is 0 Å². The van der Waals surface area contributed by atoms with Gasteiger partial charge >= 0.3 is 0 Å². The van der Waals surface area contributed by atoms with Gasteiger partial charge in [0.15, 0.2) is 0 Å². The summed E-state index contributed by atoms with van der Waals surface area (Å²) in [6.07, 6.45) is 6.00. The molecule has 0 bridgehead atoms. The summed E-state index contributed by atoms with van der Waals surface area (Å²) in [6.45, 7) is 5.17. The molecule has 0 saturated heterocycles. The summed E-state index contributed by atoms with van der Waals surface area (Å²) in [6, 6.07) is 0.431. The number of nitrogens with one attached hydrogen (secondary N) is 1. The zero-order valence-corrected chi connectivity index (χ0v) is 12.0. The zero-order valence-electron chi connectivity index (χ0n) is 11.2. The second-order valence-electron chi connectivity index (χ2n) is 4.54. The van der Waals surface area contributed by atoms with Crippen molar-refractivity contribution in [1.29, 1.82) is 0 Å². The molecule has 0 aliphatic heterocycles. The predicted molar refractivity (Wildman–Crippen MR) is 74.9 cm³/mol. The molecular weight excluding hydrogens is 244 g/mol. The molecule has 0 aliphatic rings. The summed E-state index contributed by atoms with van der Waals surface area (Å²) in [5.74, 6) is 0. The maximum Gasteiger partial charge on any atom is 0.0897 e. The minimum absolute atomic E-state index is 0.431. The summed E-state index contributed by atoms with van der Waals surface area (Å²) >= 11 is 1.72. The van der Waals surface area contributed by atoms with Crippen molar-refractivity contribution in [2.45, 2.75) is 32.7 Å². The number of rotatable bonds is 6. The Kier molecular flexibility index (Phi) is 4.49. The first-order chi connectivity index (χ1) is 8.67. The van der Waals surface area contributed by atoms with Crippen LogP contribution < -0.4 is 5.32 Å². The van der Waals surface area contributed by atoms with E-state index in [-0.39, 0.29) is 0 Å². The maximum atomic E-state index is 4.54. The van der Waals surface area contributed by atoms with Gasteiger partial charge in [-0.05, 0) is 25.5 Å². The van der Waals surface area contributed by atoms with Crippen molar-refractivity contribution in [3.63, 3.8) is 0 Å². The molecule has 2 aromatic rings. The van der Waals surface area contributed by atoms with E-state index in [1.807, 2.05) is 17.9 Å². The molecule has 2 aromatic heterocycles. The first-order valence-corrected chi connectivity index (χ1v) is 7.17. The third-order valence-electron chi connectivity index (χ3n) is 2.86. The van der Waals surface area contributed by atoms with Gasteiger partial charge in [-0.1, -0.05) is 6.92 Å². The fourth-order valence-electron chi connectivity index (χ4n) is 2.12. The van der Waals surface area contributed by atoms with Crippen molar-refractivity contribution in [3.8, 4) is 0 Å².